The van der Waals surface area contributed by atoms with Crippen molar-refractivity contribution in [2.45, 2.75) is 26.2 Å². The maximum absolute atomic E-state index is 11.0. The van der Waals surface area contributed by atoms with Gasteiger partial charge in [0.15, 0.2) is 0 Å². The van der Waals surface area contributed by atoms with Crippen LogP contribution in [0.2, 0.25) is 0 Å². The summed E-state index contributed by atoms with van der Waals surface area (Å²) in [4.78, 5) is 18.1. The van der Waals surface area contributed by atoms with Gasteiger partial charge in [-0.1, -0.05) is 12.2 Å². The van der Waals surface area contributed by atoms with Crippen LogP contribution in [0, 0.1) is 12.8 Å². The van der Waals surface area contributed by atoms with Gasteiger partial charge in [0.05, 0.1) is 5.56 Å². The first-order chi connectivity index (χ1) is 9.47. The Bertz CT molecular complexity index is 524. The van der Waals surface area contributed by atoms with Gasteiger partial charge in [0, 0.05) is 25.2 Å². The van der Waals surface area contributed by atoms with E-state index in [0.717, 1.165) is 43.0 Å². The normalized spacial score (nSPS) is 16.1. The van der Waals surface area contributed by atoms with E-state index in [1.165, 1.54) is 0 Å². The van der Waals surface area contributed by atoms with Crippen molar-refractivity contribution in [2.75, 3.05) is 18.0 Å². The van der Waals surface area contributed by atoms with Gasteiger partial charge < -0.3 is 16.4 Å². The summed E-state index contributed by atoms with van der Waals surface area (Å²) in [6.45, 7) is 3.65. The molecule has 0 aromatic carbocycles. The molecule has 2 heterocycles. The lowest BCUT2D eigenvalue weighted by Crippen LogP contribution is -2.37. The number of rotatable bonds is 4. The van der Waals surface area contributed by atoms with E-state index in [9.17, 15) is 4.79 Å². The summed E-state index contributed by atoms with van der Waals surface area (Å²) in [6.07, 6.45) is 2.35. The first kappa shape index (κ1) is 14.7. The molecule has 1 amide bonds. The maximum atomic E-state index is 11.0. The fraction of sp³-hybridized carbons (Fsp3) is 0.500. The number of primary amides is 1. The van der Waals surface area contributed by atoms with E-state index < -0.39 is 0 Å². The molecule has 1 aromatic rings. The van der Waals surface area contributed by atoms with Crippen molar-refractivity contribution in [2.24, 2.45) is 17.4 Å². The minimum Gasteiger partial charge on any atom is -0.389 e. The third kappa shape index (κ3) is 3.45. The number of amides is 1. The van der Waals surface area contributed by atoms with Crippen LogP contribution in [-0.2, 0) is 4.79 Å². The van der Waals surface area contributed by atoms with Gasteiger partial charge in [-0.15, -0.1) is 0 Å². The van der Waals surface area contributed by atoms with Gasteiger partial charge in [-0.2, -0.15) is 0 Å². The van der Waals surface area contributed by atoms with E-state index in [0.29, 0.717) is 17.3 Å². The zero-order valence-electron chi connectivity index (χ0n) is 11.6. The third-order valence-corrected chi connectivity index (χ3v) is 3.90. The molecular weight excluding hydrogens is 272 g/mol. The van der Waals surface area contributed by atoms with Crippen molar-refractivity contribution in [3.8, 4) is 0 Å². The van der Waals surface area contributed by atoms with Crippen LogP contribution in [0.1, 0.15) is 30.5 Å². The number of piperidine rings is 1. The van der Waals surface area contributed by atoms with Gasteiger partial charge >= 0.3 is 0 Å². The van der Waals surface area contributed by atoms with Crippen LogP contribution in [0.5, 0.6) is 0 Å². The average molecular weight is 292 g/mol. The second kappa shape index (κ2) is 6.17. The minimum atomic E-state index is -0.221. The van der Waals surface area contributed by atoms with Crippen molar-refractivity contribution in [1.82, 2.24) is 4.98 Å². The first-order valence-corrected chi connectivity index (χ1v) is 7.19. The number of nitrogens with zero attached hydrogens (tertiary/aromatic N) is 2. The van der Waals surface area contributed by atoms with Gasteiger partial charge in [-0.25, -0.2) is 4.98 Å². The van der Waals surface area contributed by atoms with Crippen LogP contribution in [0.3, 0.4) is 0 Å². The standard InChI is InChI=1S/C14H20N4OS/c1-9-2-3-11(13(16)20)14(17-9)18-6-4-10(5-7-18)8-12(15)19/h2-3,10H,4-8H2,1H3,(H2,15,19)(H2,16,20). The van der Waals surface area contributed by atoms with Crippen molar-refractivity contribution in [1.29, 1.82) is 0 Å². The molecule has 5 nitrogen and oxygen atoms in total. The number of carbonyl (C=O) groups excluding carboxylic acids is 1. The Morgan fingerprint density at radius 2 is 2.05 bits per heavy atom. The Morgan fingerprint density at radius 3 is 2.60 bits per heavy atom. The fourth-order valence-electron chi connectivity index (χ4n) is 2.61. The Kier molecular flexibility index (Phi) is 4.54. The fourth-order valence-corrected chi connectivity index (χ4v) is 2.77. The number of carbonyl (C=O) groups is 1. The van der Waals surface area contributed by atoms with Crippen LogP contribution in [-0.4, -0.2) is 29.0 Å². The zero-order chi connectivity index (χ0) is 14.7. The molecule has 1 aliphatic heterocycles. The molecule has 0 radical (unpaired) electrons. The Balaban J connectivity index is 2.12. The van der Waals surface area contributed by atoms with Crippen molar-refractivity contribution < 1.29 is 4.79 Å². The second-order valence-electron chi connectivity index (χ2n) is 5.29. The summed E-state index contributed by atoms with van der Waals surface area (Å²) in [7, 11) is 0. The lowest BCUT2D eigenvalue weighted by molar-refractivity contribution is -0.119. The third-order valence-electron chi connectivity index (χ3n) is 3.68. The number of hydrogen-bond acceptors (Lipinski definition) is 4. The highest BCUT2D eigenvalue weighted by Gasteiger charge is 2.23. The Labute approximate surface area is 124 Å². The molecule has 6 heteroatoms. The highest BCUT2D eigenvalue weighted by molar-refractivity contribution is 7.80. The lowest BCUT2D eigenvalue weighted by Gasteiger charge is -2.33. The van der Waals surface area contributed by atoms with E-state index in [2.05, 4.69) is 9.88 Å². The summed E-state index contributed by atoms with van der Waals surface area (Å²) >= 11 is 5.09. The van der Waals surface area contributed by atoms with E-state index in [1.54, 1.807) is 0 Å². The molecule has 0 spiro atoms. The minimum absolute atomic E-state index is 0.221. The van der Waals surface area contributed by atoms with Gasteiger partial charge in [-0.3, -0.25) is 4.79 Å². The summed E-state index contributed by atoms with van der Waals surface area (Å²) in [5.41, 5.74) is 12.8. The van der Waals surface area contributed by atoms with Crippen LogP contribution in [0.25, 0.3) is 0 Å². The summed E-state index contributed by atoms with van der Waals surface area (Å²) in [5, 5.41) is 0. The van der Waals surface area contributed by atoms with Gasteiger partial charge in [0.25, 0.3) is 0 Å². The molecule has 1 saturated heterocycles. The molecular formula is C14H20N4OS. The van der Waals surface area contributed by atoms with E-state index in [-0.39, 0.29) is 5.91 Å². The molecule has 4 N–H and O–H groups in total. The Hall–Kier alpha value is -1.69. The number of anilines is 1. The first-order valence-electron chi connectivity index (χ1n) is 6.78. The van der Waals surface area contributed by atoms with Gasteiger partial charge in [-0.05, 0) is 37.8 Å². The van der Waals surface area contributed by atoms with Crippen molar-refractivity contribution in [3.63, 3.8) is 0 Å². The highest BCUT2D eigenvalue weighted by Crippen LogP contribution is 2.26. The largest absolute Gasteiger partial charge is 0.389 e. The quantitative estimate of drug-likeness (QED) is 0.812. The molecule has 0 bridgehead atoms. The van der Waals surface area contributed by atoms with Crippen LogP contribution >= 0.6 is 12.2 Å². The van der Waals surface area contributed by atoms with Crippen LogP contribution < -0.4 is 16.4 Å². The molecule has 0 saturated carbocycles. The van der Waals surface area contributed by atoms with Gasteiger partial charge in [0.1, 0.15) is 10.8 Å². The second-order valence-corrected chi connectivity index (χ2v) is 5.73. The number of nitrogens with two attached hydrogens (primary N) is 2. The molecule has 0 aliphatic carbocycles. The predicted octanol–water partition coefficient (Wildman–Crippen LogP) is 1.12. The van der Waals surface area contributed by atoms with E-state index >= 15 is 0 Å². The smallest absolute Gasteiger partial charge is 0.217 e. The highest BCUT2D eigenvalue weighted by atomic mass is 32.1. The maximum Gasteiger partial charge on any atom is 0.217 e. The lowest BCUT2D eigenvalue weighted by atomic mass is 9.93. The van der Waals surface area contributed by atoms with Crippen molar-refractivity contribution >= 4 is 28.9 Å². The number of thiocarbonyl (C=S) groups is 1. The SMILES string of the molecule is Cc1ccc(C(N)=S)c(N2CCC(CC(N)=O)CC2)n1. The molecule has 0 atom stereocenters. The molecule has 0 unspecified atom stereocenters. The van der Waals surface area contributed by atoms with Crippen LogP contribution in [0.15, 0.2) is 12.1 Å². The van der Waals surface area contributed by atoms with Gasteiger partial charge in [0.2, 0.25) is 5.91 Å². The molecule has 108 valence electrons. The molecule has 1 aromatic heterocycles. The molecule has 2 rings (SSSR count). The molecule has 1 aliphatic rings. The number of hydrogen-bond donors (Lipinski definition) is 2. The monoisotopic (exact) mass is 292 g/mol. The van der Waals surface area contributed by atoms with E-state index in [4.69, 9.17) is 23.7 Å². The summed E-state index contributed by atoms with van der Waals surface area (Å²) < 4.78 is 0. The Morgan fingerprint density at radius 1 is 1.40 bits per heavy atom. The number of pyridine rings is 1. The molecule has 20 heavy (non-hydrogen) atoms. The van der Waals surface area contributed by atoms with Crippen molar-refractivity contribution in [3.05, 3.63) is 23.4 Å². The topological polar surface area (TPSA) is 85.2 Å². The van der Waals surface area contributed by atoms with E-state index in [1.807, 2.05) is 19.1 Å². The predicted molar refractivity (Wildman–Crippen MR) is 83.6 cm³/mol. The zero-order valence-corrected chi connectivity index (χ0v) is 12.4. The summed E-state index contributed by atoms with van der Waals surface area (Å²) in [5.74, 6) is 1.01. The molecule has 1 fully saturated rings. The number of aromatic nitrogens is 1. The average Bonchev–Trinajstić information content (AvgIpc) is 2.38. The summed E-state index contributed by atoms with van der Waals surface area (Å²) in [6, 6.07) is 3.84. The van der Waals surface area contributed by atoms with Crippen LogP contribution in [0.4, 0.5) is 5.82 Å². The number of aryl methyl sites for hydroxylation is 1.